The number of hydrogen-bond acceptors (Lipinski definition) is 3. The van der Waals surface area contributed by atoms with Gasteiger partial charge in [0.1, 0.15) is 4.75 Å². The summed E-state index contributed by atoms with van der Waals surface area (Å²) in [6.07, 6.45) is 6.87. The summed E-state index contributed by atoms with van der Waals surface area (Å²) < 4.78 is 21.9. The van der Waals surface area contributed by atoms with Crippen LogP contribution in [0.15, 0.2) is 0 Å². The summed E-state index contributed by atoms with van der Waals surface area (Å²) in [5.41, 5.74) is 0.0848. The molecule has 4 nitrogen and oxygen atoms in total. The molecular weight excluding hydrogens is 330 g/mol. The van der Waals surface area contributed by atoms with Gasteiger partial charge in [0.05, 0.1) is 0 Å². The standard InChI is InChI=1S/C13H24BrNO3S/c1-12(2,19(3,17)18)11(16)15-10-13(9-14)7-5-4-6-8-13/h4-10H2,1-3H3,(H,15,16). The summed E-state index contributed by atoms with van der Waals surface area (Å²) in [6, 6.07) is 0. The molecule has 0 aliphatic heterocycles. The Labute approximate surface area is 124 Å². The molecule has 0 atom stereocenters. The largest absolute Gasteiger partial charge is 0.354 e. The topological polar surface area (TPSA) is 63.2 Å². The van der Waals surface area contributed by atoms with E-state index >= 15 is 0 Å². The molecule has 0 aromatic rings. The van der Waals surface area contributed by atoms with Crippen molar-refractivity contribution in [1.29, 1.82) is 0 Å². The Morgan fingerprint density at radius 2 is 1.79 bits per heavy atom. The van der Waals surface area contributed by atoms with Crippen LogP contribution >= 0.6 is 15.9 Å². The van der Waals surface area contributed by atoms with Crippen LogP contribution in [0.4, 0.5) is 0 Å². The van der Waals surface area contributed by atoms with Crippen LogP contribution < -0.4 is 5.32 Å². The van der Waals surface area contributed by atoms with E-state index in [9.17, 15) is 13.2 Å². The summed E-state index contributed by atoms with van der Waals surface area (Å²) in [4.78, 5) is 12.1. The molecule has 0 radical (unpaired) electrons. The molecule has 0 saturated heterocycles. The summed E-state index contributed by atoms with van der Waals surface area (Å²) >= 11 is 3.54. The molecule has 0 bridgehead atoms. The van der Waals surface area contributed by atoms with Crippen LogP contribution in [0.1, 0.15) is 46.0 Å². The molecule has 1 N–H and O–H groups in total. The van der Waals surface area contributed by atoms with Gasteiger partial charge in [-0.25, -0.2) is 8.42 Å². The van der Waals surface area contributed by atoms with Crippen LogP contribution in [0.3, 0.4) is 0 Å². The van der Waals surface area contributed by atoms with E-state index in [2.05, 4.69) is 21.2 Å². The number of carbonyl (C=O) groups is 1. The van der Waals surface area contributed by atoms with Gasteiger partial charge in [0.25, 0.3) is 0 Å². The maximum absolute atomic E-state index is 12.1. The van der Waals surface area contributed by atoms with Crippen molar-refractivity contribution < 1.29 is 13.2 Å². The van der Waals surface area contributed by atoms with Crippen LogP contribution in [0.2, 0.25) is 0 Å². The van der Waals surface area contributed by atoms with E-state index in [1.54, 1.807) is 0 Å². The second kappa shape index (κ2) is 6.12. The van der Waals surface area contributed by atoms with Gasteiger partial charge in [-0.05, 0) is 32.1 Å². The van der Waals surface area contributed by atoms with Gasteiger partial charge in [-0.1, -0.05) is 35.2 Å². The van der Waals surface area contributed by atoms with Gasteiger partial charge < -0.3 is 5.32 Å². The average molecular weight is 354 g/mol. The predicted octanol–water partition coefficient (Wildman–Crippen LogP) is 2.27. The van der Waals surface area contributed by atoms with Gasteiger partial charge in [0.2, 0.25) is 5.91 Å². The van der Waals surface area contributed by atoms with Crippen LogP contribution in [0.25, 0.3) is 0 Å². The molecule has 0 spiro atoms. The quantitative estimate of drug-likeness (QED) is 0.771. The van der Waals surface area contributed by atoms with Crippen LogP contribution in [0, 0.1) is 5.41 Å². The number of nitrogens with one attached hydrogen (secondary N) is 1. The Hall–Kier alpha value is -0.100. The molecule has 19 heavy (non-hydrogen) atoms. The Bertz CT molecular complexity index is 425. The fourth-order valence-electron chi connectivity index (χ4n) is 2.31. The first kappa shape index (κ1) is 17.0. The highest BCUT2D eigenvalue weighted by Crippen LogP contribution is 2.37. The zero-order valence-corrected chi connectivity index (χ0v) is 14.4. The minimum absolute atomic E-state index is 0.0848. The van der Waals surface area contributed by atoms with Gasteiger partial charge >= 0.3 is 0 Å². The molecule has 1 aliphatic carbocycles. The van der Waals surface area contributed by atoms with Crippen molar-refractivity contribution >= 4 is 31.7 Å². The third kappa shape index (κ3) is 3.94. The molecule has 1 fully saturated rings. The van der Waals surface area contributed by atoms with E-state index in [1.165, 1.54) is 33.1 Å². The lowest BCUT2D eigenvalue weighted by molar-refractivity contribution is -0.123. The van der Waals surface area contributed by atoms with E-state index in [0.717, 1.165) is 24.4 Å². The number of sulfone groups is 1. The number of hydrogen-bond donors (Lipinski definition) is 1. The maximum Gasteiger partial charge on any atom is 0.240 e. The highest BCUT2D eigenvalue weighted by Gasteiger charge is 2.40. The normalized spacial score (nSPS) is 20.0. The van der Waals surface area contributed by atoms with E-state index in [4.69, 9.17) is 0 Å². The van der Waals surface area contributed by atoms with E-state index in [-0.39, 0.29) is 5.41 Å². The fraction of sp³-hybridized carbons (Fsp3) is 0.923. The lowest BCUT2D eigenvalue weighted by Gasteiger charge is -2.36. The Morgan fingerprint density at radius 3 is 2.21 bits per heavy atom. The molecule has 0 aromatic carbocycles. The van der Waals surface area contributed by atoms with Crippen molar-refractivity contribution in [3.8, 4) is 0 Å². The monoisotopic (exact) mass is 353 g/mol. The molecule has 112 valence electrons. The number of alkyl halides is 1. The van der Waals surface area contributed by atoms with Crippen molar-refractivity contribution in [2.24, 2.45) is 5.41 Å². The Morgan fingerprint density at radius 1 is 1.26 bits per heavy atom. The number of halogens is 1. The van der Waals surface area contributed by atoms with Crippen LogP contribution in [-0.2, 0) is 14.6 Å². The maximum atomic E-state index is 12.1. The lowest BCUT2D eigenvalue weighted by atomic mass is 9.75. The summed E-state index contributed by atoms with van der Waals surface area (Å²) in [7, 11) is -3.40. The molecule has 1 aliphatic rings. The first-order valence-corrected chi connectivity index (χ1v) is 9.70. The molecular formula is C13H24BrNO3S. The number of amides is 1. The van der Waals surface area contributed by atoms with Crippen molar-refractivity contribution in [3.63, 3.8) is 0 Å². The molecule has 0 unspecified atom stereocenters. The molecule has 6 heteroatoms. The lowest BCUT2D eigenvalue weighted by Crippen LogP contribution is -2.51. The third-order valence-electron chi connectivity index (χ3n) is 4.30. The second-order valence-electron chi connectivity index (χ2n) is 6.16. The van der Waals surface area contributed by atoms with Gasteiger partial charge in [-0.2, -0.15) is 0 Å². The van der Waals surface area contributed by atoms with Crippen molar-refractivity contribution in [2.75, 3.05) is 18.1 Å². The number of carbonyl (C=O) groups excluding carboxylic acids is 1. The highest BCUT2D eigenvalue weighted by atomic mass is 79.9. The third-order valence-corrected chi connectivity index (χ3v) is 7.52. The molecule has 1 saturated carbocycles. The van der Waals surface area contributed by atoms with Crippen molar-refractivity contribution in [3.05, 3.63) is 0 Å². The minimum atomic E-state index is -3.40. The smallest absolute Gasteiger partial charge is 0.240 e. The SMILES string of the molecule is CC(C)(C(=O)NCC1(CBr)CCCCC1)S(C)(=O)=O. The van der Waals surface area contributed by atoms with E-state index < -0.39 is 20.5 Å². The zero-order chi connectivity index (χ0) is 14.7. The predicted molar refractivity (Wildman–Crippen MR) is 81.2 cm³/mol. The van der Waals surface area contributed by atoms with Crippen LogP contribution in [0.5, 0.6) is 0 Å². The fourth-order valence-corrected chi connectivity index (χ4v) is 3.48. The Kier molecular flexibility index (Phi) is 5.46. The minimum Gasteiger partial charge on any atom is -0.354 e. The Balaban J connectivity index is 2.68. The van der Waals surface area contributed by atoms with E-state index in [1.807, 2.05) is 0 Å². The van der Waals surface area contributed by atoms with Gasteiger partial charge in [-0.3, -0.25) is 4.79 Å². The van der Waals surface area contributed by atoms with Crippen molar-refractivity contribution in [1.82, 2.24) is 5.32 Å². The van der Waals surface area contributed by atoms with Gasteiger partial charge in [-0.15, -0.1) is 0 Å². The second-order valence-corrected chi connectivity index (χ2v) is 9.29. The van der Waals surface area contributed by atoms with E-state index in [0.29, 0.717) is 6.54 Å². The summed E-state index contributed by atoms with van der Waals surface area (Å²) in [6.45, 7) is 3.47. The first-order valence-electron chi connectivity index (χ1n) is 6.68. The molecule has 0 aromatic heterocycles. The highest BCUT2D eigenvalue weighted by molar-refractivity contribution is 9.09. The zero-order valence-electron chi connectivity index (χ0n) is 12.0. The summed E-state index contributed by atoms with van der Waals surface area (Å²) in [5, 5.41) is 3.69. The van der Waals surface area contributed by atoms with Gasteiger partial charge in [0, 0.05) is 18.1 Å². The van der Waals surface area contributed by atoms with Crippen molar-refractivity contribution in [2.45, 2.75) is 50.7 Å². The molecule has 0 heterocycles. The number of rotatable bonds is 5. The average Bonchev–Trinajstić information content (AvgIpc) is 2.35. The molecule has 1 amide bonds. The molecule has 1 rings (SSSR count). The van der Waals surface area contributed by atoms with Gasteiger partial charge in [0.15, 0.2) is 9.84 Å². The van der Waals surface area contributed by atoms with Crippen LogP contribution in [-0.4, -0.2) is 37.2 Å². The summed E-state index contributed by atoms with van der Waals surface area (Å²) in [5.74, 6) is -0.402. The first-order chi connectivity index (χ1) is 8.65.